The molecule has 1 aromatic carbocycles. The molecule has 0 radical (unpaired) electrons. The number of halogens is 1. The Morgan fingerprint density at radius 3 is 2.72 bits per heavy atom. The van der Waals surface area contributed by atoms with Crippen LogP contribution in [0.5, 0.6) is 0 Å². The van der Waals surface area contributed by atoms with Crippen LogP contribution in [-0.4, -0.2) is 44.5 Å². The Morgan fingerprint density at radius 1 is 1.44 bits per heavy atom. The van der Waals surface area contributed by atoms with Crippen molar-refractivity contribution in [3.05, 3.63) is 35.6 Å². The van der Waals surface area contributed by atoms with Crippen LogP contribution < -0.4 is 0 Å². The van der Waals surface area contributed by atoms with Gasteiger partial charge < -0.3 is 9.64 Å². The summed E-state index contributed by atoms with van der Waals surface area (Å²) in [6, 6.07) is 6.11. The highest BCUT2D eigenvalue weighted by Gasteiger charge is 2.19. The van der Waals surface area contributed by atoms with Crippen LogP contribution in [0.1, 0.15) is 17.3 Å². The Balaban J connectivity index is 2.59. The Bertz CT molecular complexity index is 395. The van der Waals surface area contributed by atoms with Crippen molar-refractivity contribution in [3.63, 3.8) is 0 Å². The summed E-state index contributed by atoms with van der Waals surface area (Å²) >= 11 is 0. The van der Waals surface area contributed by atoms with E-state index in [2.05, 4.69) is 0 Å². The van der Waals surface area contributed by atoms with Gasteiger partial charge in [0.25, 0.3) is 0 Å². The molecule has 0 aliphatic carbocycles. The molecule has 0 aliphatic rings. The molecule has 1 atom stereocenters. The van der Waals surface area contributed by atoms with Gasteiger partial charge in [0, 0.05) is 26.1 Å². The van der Waals surface area contributed by atoms with Crippen LogP contribution in [0.2, 0.25) is 0 Å². The second-order valence-electron chi connectivity index (χ2n) is 4.50. The molecule has 0 bridgehead atoms. The Morgan fingerprint density at radius 2 is 2.11 bits per heavy atom. The third-order valence-electron chi connectivity index (χ3n) is 2.85. The predicted molar refractivity (Wildman–Crippen MR) is 69.3 cm³/mol. The van der Waals surface area contributed by atoms with Crippen LogP contribution in [-0.2, 0) is 4.74 Å². The molecular formula is C14H20FNO2. The van der Waals surface area contributed by atoms with E-state index >= 15 is 0 Å². The summed E-state index contributed by atoms with van der Waals surface area (Å²) in [7, 11) is 3.56. The quantitative estimate of drug-likeness (QED) is 0.698. The molecule has 18 heavy (non-hydrogen) atoms. The first-order valence-corrected chi connectivity index (χ1v) is 6.02. The van der Waals surface area contributed by atoms with E-state index in [9.17, 15) is 9.18 Å². The Labute approximate surface area is 108 Å². The lowest BCUT2D eigenvalue weighted by atomic mass is 9.98. The van der Waals surface area contributed by atoms with Crippen molar-refractivity contribution >= 4 is 5.78 Å². The highest BCUT2D eigenvalue weighted by atomic mass is 19.1. The molecule has 0 fully saturated rings. The minimum Gasteiger partial charge on any atom is -0.383 e. The monoisotopic (exact) mass is 253 g/mol. The van der Waals surface area contributed by atoms with Gasteiger partial charge in [0.1, 0.15) is 5.82 Å². The molecule has 0 N–H and O–H groups in total. The molecule has 0 saturated heterocycles. The highest BCUT2D eigenvalue weighted by molar-refractivity contribution is 5.98. The summed E-state index contributed by atoms with van der Waals surface area (Å²) in [5.41, 5.74) is 0.171. The van der Waals surface area contributed by atoms with E-state index in [0.29, 0.717) is 13.2 Å². The zero-order chi connectivity index (χ0) is 13.5. The van der Waals surface area contributed by atoms with Crippen LogP contribution >= 0.6 is 0 Å². The van der Waals surface area contributed by atoms with E-state index in [1.54, 1.807) is 19.2 Å². The maximum Gasteiger partial charge on any atom is 0.169 e. The normalized spacial score (nSPS) is 12.7. The number of ether oxygens (including phenoxy) is 1. The summed E-state index contributed by atoms with van der Waals surface area (Å²) in [6.07, 6.45) is 0. The van der Waals surface area contributed by atoms with Gasteiger partial charge in [-0.2, -0.15) is 0 Å². The number of ketones is 1. The lowest BCUT2D eigenvalue weighted by Crippen LogP contribution is -2.31. The second kappa shape index (κ2) is 7.24. The number of Topliss-reactive ketones (excluding diaryl/α,β-unsaturated/α-hetero) is 1. The summed E-state index contributed by atoms with van der Waals surface area (Å²) in [5.74, 6) is -0.838. The molecule has 4 heteroatoms. The third kappa shape index (κ3) is 4.20. The molecule has 1 aromatic rings. The first kappa shape index (κ1) is 14.8. The summed E-state index contributed by atoms with van der Waals surface area (Å²) < 4.78 is 18.5. The molecule has 100 valence electrons. The lowest BCUT2D eigenvalue weighted by Gasteiger charge is -2.20. The molecule has 0 amide bonds. The Hall–Kier alpha value is -1.26. The molecule has 3 nitrogen and oxygen atoms in total. The lowest BCUT2D eigenvalue weighted by molar-refractivity contribution is 0.0883. The van der Waals surface area contributed by atoms with Gasteiger partial charge in [-0.3, -0.25) is 4.79 Å². The van der Waals surface area contributed by atoms with Crippen molar-refractivity contribution in [2.45, 2.75) is 6.92 Å². The maximum absolute atomic E-state index is 13.5. The summed E-state index contributed by atoms with van der Waals surface area (Å²) in [4.78, 5) is 14.1. The van der Waals surface area contributed by atoms with Crippen molar-refractivity contribution in [3.8, 4) is 0 Å². The molecule has 0 heterocycles. The van der Waals surface area contributed by atoms with Gasteiger partial charge in [0.2, 0.25) is 0 Å². The van der Waals surface area contributed by atoms with Crippen LogP contribution in [0.3, 0.4) is 0 Å². The fourth-order valence-corrected chi connectivity index (χ4v) is 1.82. The van der Waals surface area contributed by atoms with Gasteiger partial charge in [-0.25, -0.2) is 4.39 Å². The van der Waals surface area contributed by atoms with Crippen molar-refractivity contribution < 1.29 is 13.9 Å². The third-order valence-corrected chi connectivity index (χ3v) is 2.85. The van der Waals surface area contributed by atoms with Crippen molar-refractivity contribution in [2.24, 2.45) is 5.92 Å². The van der Waals surface area contributed by atoms with Crippen LogP contribution in [0.15, 0.2) is 24.3 Å². The number of hydrogen-bond donors (Lipinski definition) is 0. The van der Waals surface area contributed by atoms with E-state index in [-0.39, 0.29) is 17.3 Å². The SMILES string of the molecule is COCCN(C)CC(C)C(=O)c1ccccc1F. The molecule has 1 rings (SSSR count). The van der Waals surface area contributed by atoms with E-state index in [4.69, 9.17) is 4.74 Å². The zero-order valence-electron chi connectivity index (χ0n) is 11.1. The zero-order valence-corrected chi connectivity index (χ0v) is 11.1. The van der Waals surface area contributed by atoms with Gasteiger partial charge in [-0.1, -0.05) is 19.1 Å². The first-order valence-electron chi connectivity index (χ1n) is 6.02. The van der Waals surface area contributed by atoms with Crippen molar-refractivity contribution in [1.29, 1.82) is 0 Å². The number of carbonyl (C=O) groups excluding carboxylic acids is 1. The predicted octanol–water partition coefficient (Wildman–Crippen LogP) is 2.22. The highest BCUT2D eigenvalue weighted by Crippen LogP contribution is 2.13. The number of likely N-dealkylation sites (N-methyl/N-ethyl adjacent to an activating group) is 1. The smallest absolute Gasteiger partial charge is 0.169 e. The van der Waals surface area contributed by atoms with Crippen molar-refractivity contribution in [1.82, 2.24) is 4.90 Å². The van der Waals surface area contributed by atoms with Crippen molar-refractivity contribution in [2.75, 3.05) is 33.9 Å². The number of methoxy groups -OCH3 is 1. The van der Waals surface area contributed by atoms with E-state index in [1.165, 1.54) is 12.1 Å². The first-order chi connectivity index (χ1) is 8.56. The molecule has 0 spiro atoms. The topological polar surface area (TPSA) is 29.5 Å². The summed E-state index contributed by atoms with van der Waals surface area (Å²) in [5, 5.41) is 0. The molecule has 1 unspecified atom stereocenters. The number of nitrogens with zero attached hydrogens (tertiary/aromatic N) is 1. The standard InChI is InChI=1S/C14H20FNO2/c1-11(10-16(2)8-9-18-3)14(17)12-6-4-5-7-13(12)15/h4-7,11H,8-10H2,1-3H3. The average molecular weight is 253 g/mol. The number of benzene rings is 1. The van der Waals surface area contributed by atoms with E-state index in [0.717, 1.165) is 6.54 Å². The minimum absolute atomic E-state index is 0.155. The van der Waals surface area contributed by atoms with Gasteiger partial charge in [0.15, 0.2) is 5.78 Å². The van der Waals surface area contributed by atoms with E-state index < -0.39 is 5.82 Å². The van der Waals surface area contributed by atoms with Gasteiger partial charge >= 0.3 is 0 Å². The maximum atomic E-state index is 13.5. The number of rotatable bonds is 7. The molecular weight excluding hydrogens is 233 g/mol. The van der Waals surface area contributed by atoms with Crippen LogP contribution in [0.25, 0.3) is 0 Å². The van der Waals surface area contributed by atoms with E-state index in [1.807, 2.05) is 18.9 Å². The average Bonchev–Trinajstić information content (AvgIpc) is 2.36. The van der Waals surface area contributed by atoms with Gasteiger partial charge in [-0.15, -0.1) is 0 Å². The van der Waals surface area contributed by atoms with Gasteiger partial charge in [-0.05, 0) is 19.2 Å². The largest absolute Gasteiger partial charge is 0.383 e. The number of carbonyl (C=O) groups is 1. The molecule has 0 aliphatic heterocycles. The minimum atomic E-state index is -0.450. The van der Waals surface area contributed by atoms with Crippen LogP contribution in [0, 0.1) is 11.7 Å². The molecule has 0 aromatic heterocycles. The van der Waals surface area contributed by atoms with Crippen LogP contribution in [0.4, 0.5) is 4.39 Å². The summed E-state index contributed by atoms with van der Waals surface area (Å²) in [6.45, 7) is 3.79. The van der Waals surface area contributed by atoms with Gasteiger partial charge in [0.05, 0.1) is 12.2 Å². The fourth-order valence-electron chi connectivity index (χ4n) is 1.82. The number of hydrogen-bond acceptors (Lipinski definition) is 3. The fraction of sp³-hybridized carbons (Fsp3) is 0.500. The Kier molecular flexibility index (Phi) is 5.95. The second-order valence-corrected chi connectivity index (χ2v) is 4.50. The molecule has 0 saturated carbocycles.